The van der Waals surface area contributed by atoms with Crippen LogP contribution in [0.15, 0.2) is 42.7 Å². The molecule has 4 heteroatoms. The third-order valence-electron chi connectivity index (χ3n) is 6.83. The molecule has 4 nitrogen and oxygen atoms in total. The van der Waals surface area contributed by atoms with Crippen molar-refractivity contribution >= 4 is 11.3 Å². The van der Waals surface area contributed by atoms with Gasteiger partial charge >= 0.3 is 0 Å². The van der Waals surface area contributed by atoms with E-state index < -0.39 is 0 Å². The summed E-state index contributed by atoms with van der Waals surface area (Å²) >= 11 is 0. The van der Waals surface area contributed by atoms with Crippen LogP contribution in [0.4, 0.5) is 5.82 Å². The molecule has 2 aliphatic carbocycles. The van der Waals surface area contributed by atoms with Crippen molar-refractivity contribution in [2.45, 2.75) is 83.2 Å². The Morgan fingerprint density at radius 3 is 2.41 bits per heavy atom. The molecule has 0 aromatic carbocycles. The summed E-state index contributed by atoms with van der Waals surface area (Å²) in [4.78, 5) is 7.60. The van der Waals surface area contributed by atoms with Crippen LogP contribution in [0.25, 0.3) is 16.6 Å². The van der Waals surface area contributed by atoms with Gasteiger partial charge in [-0.05, 0) is 61.9 Å². The lowest BCUT2D eigenvalue weighted by molar-refractivity contribution is 0.508. The summed E-state index contributed by atoms with van der Waals surface area (Å²) in [6.07, 6.45) is 16.9. The Balaban J connectivity index is 1.59. The Morgan fingerprint density at radius 2 is 1.72 bits per heavy atom. The van der Waals surface area contributed by atoms with Crippen LogP contribution in [0.3, 0.4) is 0 Å². The lowest BCUT2D eigenvalue weighted by Gasteiger charge is -2.36. The van der Waals surface area contributed by atoms with Crippen LogP contribution in [-0.2, 0) is 6.42 Å². The van der Waals surface area contributed by atoms with Gasteiger partial charge in [-0.1, -0.05) is 45.1 Å². The number of anilines is 1. The molecule has 0 bridgehead atoms. The Morgan fingerprint density at radius 1 is 1.00 bits per heavy atom. The van der Waals surface area contributed by atoms with Crippen LogP contribution in [0.5, 0.6) is 0 Å². The monoisotopic (exact) mass is 388 g/mol. The molecule has 0 aliphatic heterocycles. The molecule has 0 spiro atoms. The first-order chi connectivity index (χ1) is 14.3. The highest BCUT2D eigenvalue weighted by Gasteiger charge is 2.31. The quantitative estimate of drug-likeness (QED) is 0.516. The highest BCUT2D eigenvalue weighted by molar-refractivity contribution is 5.83. The molecule has 0 saturated heterocycles. The van der Waals surface area contributed by atoms with E-state index in [1.54, 1.807) is 0 Å². The topological polar surface area (TPSA) is 33.4 Å². The summed E-state index contributed by atoms with van der Waals surface area (Å²) in [6.45, 7) is 2.23. The number of hydrogen-bond acceptors (Lipinski definition) is 3. The highest BCUT2D eigenvalue weighted by Crippen LogP contribution is 2.37. The number of hydrogen-bond donors (Lipinski definition) is 0. The van der Waals surface area contributed by atoms with Crippen molar-refractivity contribution in [3.05, 3.63) is 48.4 Å². The van der Waals surface area contributed by atoms with Crippen LogP contribution in [0.1, 0.15) is 70.4 Å². The van der Waals surface area contributed by atoms with Gasteiger partial charge in [-0.3, -0.25) is 0 Å². The van der Waals surface area contributed by atoms with Crippen LogP contribution in [-0.4, -0.2) is 26.7 Å². The molecule has 29 heavy (non-hydrogen) atoms. The lowest BCUT2D eigenvalue weighted by Crippen LogP contribution is -2.41. The Kier molecular flexibility index (Phi) is 5.26. The Hall–Kier alpha value is -2.36. The van der Waals surface area contributed by atoms with Crippen molar-refractivity contribution in [2.75, 3.05) is 4.90 Å². The molecule has 152 valence electrons. The zero-order chi connectivity index (χ0) is 19.6. The molecule has 0 atom stereocenters. The molecule has 3 aromatic heterocycles. The van der Waals surface area contributed by atoms with Crippen molar-refractivity contribution < 1.29 is 0 Å². The molecule has 2 aliphatic rings. The molecule has 0 N–H and O–H groups in total. The number of pyridine rings is 2. The first-order valence-corrected chi connectivity index (χ1v) is 11.6. The molecule has 3 aromatic rings. The maximum atomic E-state index is 4.89. The predicted octanol–water partition coefficient (Wildman–Crippen LogP) is 6.04. The SMILES string of the molecule is CCCc1nn2ccccc2c1-c1ccnc(N(C2CCCC2)C2CCCC2)c1. The lowest BCUT2D eigenvalue weighted by atomic mass is 10.0. The number of aromatic nitrogens is 3. The Bertz CT molecular complexity index is 948. The van der Waals surface area contributed by atoms with Crippen molar-refractivity contribution in [3.8, 4) is 11.1 Å². The van der Waals surface area contributed by atoms with E-state index in [0.717, 1.165) is 12.8 Å². The second-order valence-corrected chi connectivity index (χ2v) is 8.79. The largest absolute Gasteiger partial charge is 0.351 e. The van der Waals surface area contributed by atoms with E-state index in [4.69, 9.17) is 10.1 Å². The van der Waals surface area contributed by atoms with Gasteiger partial charge in [0.25, 0.3) is 0 Å². The fourth-order valence-corrected chi connectivity index (χ4v) is 5.53. The van der Waals surface area contributed by atoms with E-state index in [-0.39, 0.29) is 0 Å². The number of aryl methyl sites for hydroxylation is 1. The molecule has 0 radical (unpaired) electrons. The average molecular weight is 389 g/mol. The van der Waals surface area contributed by atoms with Gasteiger partial charge in [0.2, 0.25) is 0 Å². The van der Waals surface area contributed by atoms with Gasteiger partial charge in [0, 0.05) is 30.0 Å². The third-order valence-corrected chi connectivity index (χ3v) is 6.83. The van der Waals surface area contributed by atoms with Gasteiger partial charge in [0.1, 0.15) is 5.82 Å². The van der Waals surface area contributed by atoms with E-state index in [1.165, 1.54) is 79.5 Å². The minimum absolute atomic E-state index is 0.667. The maximum Gasteiger partial charge on any atom is 0.129 e. The van der Waals surface area contributed by atoms with E-state index in [1.807, 2.05) is 10.7 Å². The summed E-state index contributed by atoms with van der Waals surface area (Å²) in [5.74, 6) is 1.18. The highest BCUT2D eigenvalue weighted by atomic mass is 15.2. The number of rotatable bonds is 6. The van der Waals surface area contributed by atoms with E-state index in [0.29, 0.717) is 12.1 Å². The molecule has 0 amide bonds. The summed E-state index contributed by atoms with van der Waals surface area (Å²) in [5, 5.41) is 4.89. The van der Waals surface area contributed by atoms with Crippen LogP contribution < -0.4 is 4.90 Å². The fraction of sp³-hybridized carbons (Fsp3) is 0.520. The van der Waals surface area contributed by atoms with Gasteiger partial charge in [0.15, 0.2) is 0 Å². The molecular formula is C25H32N4. The van der Waals surface area contributed by atoms with Gasteiger partial charge < -0.3 is 4.90 Å². The molecule has 5 rings (SSSR count). The van der Waals surface area contributed by atoms with Gasteiger partial charge in [0.05, 0.1) is 11.2 Å². The number of fused-ring (bicyclic) bond motifs is 1. The zero-order valence-corrected chi connectivity index (χ0v) is 17.6. The minimum atomic E-state index is 0.667. The normalized spacial score (nSPS) is 18.1. The van der Waals surface area contributed by atoms with Crippen molar-refractivity contribution in [3.63, 3.8) is 0 Å². The molecule has 0 unspecified atom stereocenters. The minimum Gasteiger partial charge on any atom is -0.351 e. The van der Waals surface area contributed by atoms with Gasteiger partial charge in [-0.25, -0.2) is 9.50 Å². The number of nitrogens with zero attached hydrogens (tertiary/aromatic N) is 4. The molecule has 3 heterocycles. The average Bonchev–Trinajstić information content (AvgIpc) is 3.50. The van der Waals surface area contributed by atoms with Crippen LogP contribution >= 0.6 is 0 Å². The van der Waals surface area contributed by atoms with E-state index >= 15 is 0 Å². The summed E-state index contributed by atoms with van der Waals surface area (Å²) < 4.78 is 2.03. The third kappa shape index (κ3) is 3.54. The van der Waals surface area contributed by atoms with Crippen molar-refractivity contribution in [1.29, 1.82) is 0 Å². The zero-order valence-electron chi connectivity index (χ0n) is 17.6. The summed E-state index contributed by atoms with van der Waals surface area (Å²) in [7, 11) is 0. The maximum absolute atomic E-state index is 4.89. The molecular weight excluding hydrogens is 356 g/mol. The second kappa shape index (κ2) is 8.17. The molecule has 2 saturated carbocycles. The van der Waals surface area contributed by atoms with Crippen LogP contribution in [0.2, 0.25) is 0 Å². The Labute approximate surface area is 174 Å². The van der Waals surface area contributed by atoms with E-state index in [9.17, 15) is 0 Å². The first kappa shape index (κ1) is 18.7. The summed E-state index contributed by atoms with van der Waals surface area (Å²) in [5.41, 5.74) is 4.94. The van der Waals surface area contributed by atoms with Crippen molar-refractivity contribution in [1.82, 2.24) is 14.6 Å². The fourth-order valence-electron chi connectivity index (χ4n) is 5.53. The van der Waals surface area contributed by atoms with Crippen molar-refractivity contribution in [2.24, 2.45) is 0 Å². The standard InChI is InChI=1S/C25H32N4/c1-2-9-22-25(23-14-7-8-17-28(23)27-22)19-15-16-26-24(18-19)29(20-10-3-4-11-20)21-12-5-6-13-21/h7-8,14-18,20-21H,2-6,9-13H2,1H3. The van der Waals surface area contributed by atoms with Gasteiger partial charge in [-0.2, -0.15) is 5.10 Å². The first-order valence-electron chi connectivity index (χ1n) is 11.6. The van der Waals surface area contributed by atoms with Crippen LogP contribution in [0, 0.1) is 0 Å². The summed E-state index contributed by atoms with van der Waals surface area (Å²) in [6, 6.07) is 12.2. The molecule has 2 fully saturated rings. The van der Waals surface area contributed by atoms with E-state index in [2.05, 4.69) is 48.4 Å². The smallest absolute Gasteiger partial charge is 0.129 e. The predicted molar refractivity (Wildman–Crippen MR) is 119 cm³/mol. The van der Waals surface area contributed by atoms with Gasteiger partial charge in [-0.15, -0.1) is 0 Å². The second-order valence-electron chi connectivity index (χ2n) is 8.79.